The van der Waals surface area contributed by atoms with Crippen molar-refractivity contribution in [2.45, 2.75) is 26.3 Å². The summed E-state index contributed by atoms with van der Waals surface area (Å²) >= 11 is 0. The van der Waals surface area contributed by atoms with Crippen LogP contribution in [0.1, 0.15) is 30.9 Å². The van der Waals surface area contributed by atoms with Gasteiger partial charge in [0.2, 0.25) is 0 Å². The monoisotopic (exact) mass is 462 g/mol. The number of hydrogen-bond donors (Lipinski definition) is 2. The lowest BCUT2D eigenvalue weighted by atomic mass is 10.0. The summed E-state index contributed by atoms with van der Waals surface area (Å²) in [6.45, 7) is 4.80. The zero-order valence-corrected chi connectivity index (χ0v) is 17.2. The smallest absolute Gasteiger partial charge is 0.193 e. The second-order valence-electron chi connectivity index (χ2n) is 6.10. The maximum Gasteiger partial charge on any atom is 0.193 e. The van der Waals surface area contributed by atoms with Crippen LogP contribution in [0, 0.1) is 0 Å². The van der Waals surface area contributed by atoms with Gasteiger partial charge < -0.3 is 11.1 Å². The lowest BCUT2D eigenvalue weighted by molar-refractivity contribution is 0.867. The number of hydrogen-bond acceptors (Lipinski definition) is 3. The number of pyridine rings is 1. The van der Waals surface area contributed by atoms with Gasteiger partial charge in [0.15, 0.2) is 5.96 Å². The third kappa shape index (κ3) is 5.29. The fraction of sp³-hybridized carbons (Fsp3) is 0.211. The molecule has 0 aliphatic rings. The second-order valence-corrected chi connectivity index (χ2v) is 6.10. The highest BCUT2D eigenvalue weighted by atomic mass is 127. The molecule has 26 heavy (non-hydrogen) atoms. The highest BCUT2D eigenvalue weighted by Crippen LogP contribution is 2.18. The lowest BCUT2D eigenvalue weighted by Gasteiger charge is -2.10. The van der Waals surface area contributed by atoms with Crippen LogP contribution in [0.3, 0.4) is 0 Å². The van der Waals surface area contributed by atoms with Crippen LogP contribution in [0.4, 0.5) is 5.69 Å². The van der Waals surface area contributed by atoms with E-state index in [2.05, 4.69) is 46.3 Å². The van der Waals surface area contributed by atoms with Gasteiger partial charge in [-0.3, -0.25) is 4.57 Å². The summed E-state index contributed by atoms with van der Waals surface area (Å²) in [5.41, 5.74) is 9.19. The predicted molar refractivity (Wildman–Crippen MR) is 116 cm³/mol. The largest absolute Gasteiger partial charge is 0.370 e. The Labute approximate surface area is 170 Å². The fourth-order valence-electron chi connectivity index (χ4n) is 2.40. The third-order valence-corrected chi connectivity index (χ3v) is 3.84. The van der Waals surface area contributed by atoms with Gasteiger partial charge in [-0.1, -0.05) is 32.0 Å². The zero-order chi connectivity index (χ0) is 17.6. The highest BCUT2D eigenvalue weighted by Gasteiger charge is 2.02. The summed E-state index contributed by atoms with van der Waals surface area (Å²) in [5.74, 6) is 1.68. The Balaban J connectivity index is 0.00000243. The van der Waals surface area contributed by atoms with E-state index in [-0.39, 0.29) is 24.0 Å². The first-order chi connectivity index (χ1) is 12.1. The molecule has 3 aromatic rings. The molecule has 3 rings (SSSR count). The van der Waals surface area contributed by atoms with Crippen LogP contribution in [0.2, 0.25) is 0 Å². The van der Waals surface area contributed by atoms with Crippen molar-refractivity contribution in [2.24, 2.45) is 10.7 Å². The number of benzene rings is 1. The molecule has 2 heterocycles. The molecular formula is C19H23IN6. The highest BCUT2D eigenvalue weighted by molar-refractivity contribution is 14.0. The molecular weight excluding hydrogens is 439 g/mol. The first-order valence-electron chi connectivity index (χ1n) is 8.22. The van der Waals surface area contributed by atoms with Gasteiger partial charge in [-0.05, 0) is 35.2 Å². The average molecular weight is 462 g/mol. The van der Waals surface area contributed by atoms with Gasteiger partial charge in [0, 0.05) is 24.3 Å². The van der Waals surface area contributed by atoms with Crippen LogP contribution >= 0.6 is 24.0 Å². The van der Waals surface area contributed by atoms with Gasteiger partial charge in [0.05, 0.1) is 6.54 Å². The standard InChI is InChI=1S/C19H22N6.HI/c1-14(2)16-4-3-5-17(10-16)24-19(20)23-12-15-6-7-18(22-11-15)25-9-8-21-13-25;/h3-11,13-14H,12H2,1-2H3,(H3,20,23,24);1H. The van der Waals surface area contributed by atoms with Crippen molar-refractivity contribution < 1.29 is 0 Å². The van der Waals surface area contributed by atoms with E-state index >= 15 is 0 Å². The first-order valence-corrected chi connectivity index (χ1v) is 8.22. The van der Waals surface area contributed by atoms with Gasteiger partial charge in [0.1, 0.15) is 12.1 Å². The summed E-state index contributed by atoms with van der Waals surface area (Å²) in [4.78, 5) is 12.8. The molecule has 0 bridgehead atoms. The van der Waals surface area contributed by atoms with Crippen molar-refractivity contribution in [1.82, 2.24) is 14.5 Å². The Hall–Kier alpha value is -2.42. The Bertz CT molecular complexity index is 841. The number of nitrogens with two attached hydrogens (primary N) is 1. The fourth-order valence-corrected chi connectivity index (χ4v) is 2.40. The molecule has 0 fully saturated rings. The van der Waals surface area contributed by atoms with E-state index in [0.717, 1.165) is 17.1 Å². The summed E-state index contributed by atoms with van der Waals surface area (Å²) < 4.78 is 1.85. The minimum absolute atomic E-state index is 0. The molecule has 0 radical (unpaired) electrons. The van der Waals surface area contributed by atoms with Crippen molar-refractivity contribution in [3.8, 4) is 5.82 Å². The number of aliphatic imine (C=N–C) groups is 1. The lowest BCUT2D eigenvalue weighted by Crippen LogP contribution is -2.22. The van der Waals surface area contributed by atoms with Crippen molar-refractivity contribution in [3.05, 3.63) is 72.4 Å². The van der Waals surface area contributed by atoms with Crippen LogP contribution in [0.15, 0.2) is 66.3 Å². The van der Waals surface area contributed by atoms with Gasteiger partial charge in [0.25, 0.3) is 0 Å². The summed E-state index contributed by atoms with van der Waals surface area (Å²) in [6, 6.07) is 12.1. The molecule has 3 N–H and O–H groups in total. The predicted octanol–water partition coefficient (Wildman–Crippen LogP) is 3.94. The Morgan fingerprint density at radius 1 is 1.27 bits per heavy atom. The van der Waals surface area contributed by atoms with E-state index in [1.807, 2.05) is 35.0 Å². The zero-order valence-electron chi connectivity index (χ0n) is 14.8. The second kappa shape index (κ2) is 9.33. The maximum absolute atomic E-state index is 5.99. The van der Waals surface area contributed by atoms with Crippen molar-refractivity contribution in [1.29, 1.82) is 0 Å². The summed E-state index contributed by atoms with van der Waals surface area (Å²) in [7, 11) is 0. The topological polar surface area (TPSA) is 81.1 Å². The summed E-state index contributed by atoms with van der Waals surface area (Å²) in [5, 5.41) is 3.14. The first kappa shape index (κ1) is 19.9. The number of guanidine groups is 1. The average Bonchev–Trinajstić information content (AvgIpc) is 3.15. The third-order valence-electron chi connectivity index (χ3n) is 3.84. The number of halogens is 1. The Morgan fingerprint density at radius 3 is 2.77 bits per heavy atom. The maximum atomic E-state index is 5.99. The van der Waals surface area contributed by atoms with Gasteiger partial charge in [-0.25, -0.2) is 15.0 Å². The van der Waals surface area contributed by atoms with E-state index in [9.17, 15) is 0 Å². The number of imidazole rings is 1. The van der Waals surface area contributed by atoms with E-state index in [1.54, 1.807) is 18.7 Å². The van der Waals surface area contributed by atoms with E-state index < -0.39 is 0 Å². The van der Waals surface area contributed by atoms with Crippen LogP contribution < -0.4 is 11.1 Å². The minimum atomic E-state index is 0. The number of aromatic nitrogens is 3. The van der Waals surface area contributed by atoms with Crippen molar-refractivity contribution >= 4 is 35.6 Å². The molecule has 0 saturated heterocycles. The number of rotatable bonds is 5. The molecule has 0 saturated carbocycles. The van der Waals surface area contributed by atoms with Crippen LogP contribution in [0.25, 0.3) is 5.82 Å². The molecule has 6 nitrogen and oxygen atoms in total. The number of anilines is 1. The number of nitrogens with zero attached hydrogens (tertiary/aromatic N) is 4. The van der Waals surface area contributed by atoms with Crippen LogP contribution in [0.5, 0.6) is 0 Å². The van der Waals surface area contributed by atoms with Gasteiger partial charge in [-0.2, -0.15) is 0 Å². The van der Waals surface area contributed by atoms with Crippen molar-refractivity contribution in [3.63, 3.8) is 0 Å². The number of nitrogens with one attached hydrogen (secondary N) is 1. The van der Waals surface area contributed by atoms with Crippen LogP contribution in [-0.4, -0.2) is 20.5 Å². The van der Waals surface area contributed by atoms with Gasteiger partial charge >= 0.3 is 0 Å². The minimum Gasteiger partial charge on any atom is -0.370 e. The summed E-state index contributed by atoms with van der Waals surface area (Å²) in [6.07, 6.45) is 7.09. The molecule has 0 atom stereocenters. The molecule has 0 spiro atoms. The SMILES string of the molecule is CC(C)c1cccc(NC(N)=NCc2ccc(-n3ccnc3)nc2)c1.I. The quantitative estimate of drug-likeness (QED) is 0.342. The molecule has 0 unspecified atom stereocenters. The Morgan fingerprint density at radius 2 is 2.12 bits per heavy atom. The molecule has 2 aromatic heterocycles. The normalized spacial score (nSPS) is 11.3. The van der Waals surface area contributed by atoms with Crippen molar-refractivity contribution in [2.75, 3.05) is 5.32 Å². The van der Waals surface area contributed by atoms with E-state index in [1.165, 1.54) is 5.56 Å². The van der Waals surface area contributed by atoms with Crippen LogP contribution in [-0.2, 0) is 6.54 Å². The molecule has 0 aliphatic carbocycles. The van der Waals surface area contributed by atoms with E-state index in [4.69, 9.17) is 5.73 Å². The Kier molecular flexibility index (Phi) is 7.14. The molecule has 0 amide bonds. The molecule has 1 aromatic carbocycles. The van der Waals surface area contributed by atoms with E-state index in [0.29, 0.717) is 18.4 Å². The van der Waals surface area contributed by atoms with Gasteiger partial charge in [-0.15, -0.1) is 24.0 Å². The molecule has 7 heteroatoms. The molecule has 0 aliphatic heterocycles. The molecule has 136 valence electrons.